The Morgan fingerprint density at radius 2 is 2.33 bits per heavy atom. The average Bonchev–Trinajstić information content (AvgIpc) is 2.84. The summed E-state index contributed by atoms with van der Waals surface area (Å²) in [5.41, 5.74) is 0. The zero-order chi connectivity index (χ0) is 10.7. The Labute approximate surface area is 97.3 Å². The van der Waals surface area contributed by atoms with Gasteiger partial charge in [-0.2, -0.15) is 0 Å². The first kappa shape index (κ1) is 11.3. The van der Waals surface area contributed by atoms with E-state index in [-0.39, 0.29) is 0 Å². The molecule has 0 radical (unpaired) electrons. The van der Waals surface area contributed by atoms with E-state index in [1.165, 1.54) is 36.6 Å². The Hall–Kier alpha value is -0.180. The van der Waals surface area contributed by atoms with E-state index in [0.717, 1.165) is 18.4 Å². The van der Waals surface area contributed by atoms with Crippen LogP contribution < -0.4 is 5.32 Å². The first-order valence-corrected chi connectivity index (χ1v) is 7.22. The molecule has 2 aliphatic rings. The molecule has 1 saturated heterocycles. The monoisotopic (exact) mass is 226 g/mol. The van der Waals surface area contributed by atoms with Crippen molar-refractivity contribution in [1.29, 1.82) is 0 Å². The molecule has 0 aromatic rings. The maximum atomic E-state index is 4.72. The highest BCUT2D eigenvalue weighted by Crippen LogP contribution is 2.31. The second-order valence-corrected chi connectivity index (χ2v) is 5.88. The van der Waals surface area contributed by atoms with Crippen molar-refractivity contribution in [2.24, 2.45) is 16.8 Å². The van der Waals surface area contributed by atoms with Crippen LogP contribution in [0.3, 0.4) is 0 Å². The van der Waals surface area contributed by atoms with E-state index in [1.807, 2.05) is 11.8 Å². The fraction of sp³-hybridized carbons (Fsp3) is 0.917. The van der Waals surface area contributed by atoms with Gasteiger partial charge in [-0.1, -0.05) is 38.5 Å². The molecule has 1 aliphatic carbocycles. The van der Waals surface area contributed by atoms with Crippen LogP contribution in [0.4, 0.5) is 0 Å². The third-order valence-corrected chi connectivity index (χ3v) is 4.84. The van der Waals surface area contributed by atoms with Crippen molar-refractivity contribution in [2.75, 3.05) is 12.3 Å². The average molecular weight is 226 g/mol. The minimum atomic E-state index is 0.662. The molecular formula is C12H22N2S. The van der Waals surface area contributed by atoms with Crippen LogP contribution in [-0.2, 0) is 0 Å². The van der Waals surface area contributed by atoms with E-state index in [9.17, 15) is 0 Å². The van der Waals surface area contributed by atoms with Gasteiger partial charge in [0.25, 0.3) is 0 Å². The SMILES string of the molecule is CCC1CSC(=NCC2CCCC2C)N1. The molecule has 1 saturated carbocycles. The van der Waals surface area contributed by atoms with E-state index in [4.69, 9.17) is 4.99 Å². The van der Waals surface area contributed by atoms with Crippen LogP contribution in [-0.4, -0.2) is 23.5 Å². The summed E-state index contributed by atoms with van der Waals surface area (Å²) in [6.07, 6.45) is 5.42. The number of amidine groups is 1. The van der Waals surface area contributed by atoms with Crippen molar-refractivity contribution in [3.05, 3.63) is 0 Å². The molecule has 86 valence electrons. The van der Waals surface area contributed by atoms with Crippen LogP contribution in [0.15, 0.2) is 4.99 Å². The Morgan fingerprint density at radius 3 is 2.93 bits per heavy atom. The third kappa shape index (κ3) is 2.90. The molecule has 1 heterocycles. The molecule has 2 rings (SSSR count). The molecule has 0 bridgehead atoms. The largest absolute Gasteiger partial charge is 0.361 e. The van der Waals surface area contributed by atoms with Crippen LogP contribution in [0.5, 0.6) is 0 Å². The Bertz CT molecular complexity index is 240. The van der Waals surface area contributed by atoms with Gasteiger partial charge in [0.1, 0.15) is 0 Å². The maximum Gasteiger partial charge on any atom is 0.156 e. The molecule has 3 unspecified atom stereocenters. The Morgan fingerprint density at radius 1 is 1.47 bits per heavy atom. The number of hydrogen-bond acceptors (Lipinski definition) is 2. The first-order valence-electron chi connectivity index (χ1n) is 6.23. The number of rotatable bonds is 3. The van der Waals surface area contributed by atoms with Gasteiger partial charge >= 0.3 is 0 Å². The van der Waals surface area contributed by atoms with Crippen LogP contribution in [0, 0.1) is 11.8 Å². The van der Waals surface area contributed by atoms with Crippen molar-refractivity contribution in [3.63, 3.8) is 0 Å². The van der Waals surface area contributed by atoms with Gasteiger partial charge in [-0.15, -0.1) is 0 Å². The fourth-order valence-corrected chi connectivity index (χ4v) is 3.54. The fourth-order valence-electron chi connectivity index (χ4n) is 2.44. The zero-order valence-electron chi connectivity index (χ0n) is 9.83. The molecule has 15 heavy (non-hydrogen) atoms. The van der Waals surface area contributed by atoms with Gasteiger partial charge in [0, 0.05) is 18.3 Å². The van der Waals surface area contributed by atoms with E-state index >= 15 is 0 Å². The molecule has 2 fully saturated rings. The highest BCUT2D eigenvalue weighted by Gasteiger charge is 2.24. The minimum Gasteiger partial charge on any atom is -0.361 e. The van der Waals surface area contributed by atoms with Gasteiger partial charge in [0.15, 0.2) is 5.17 Å². The highest BCUT2D eigenvalue weighted by atomic mass is 32.2. The molecule has 3 heteroatoms. The number of nitrogens with one attached hydrogen (secondary N) is 1. The molecule has 2 nitrogen and oxygen atoms in total. The predicted octanol–water partition coefficient (Wildman–Crippen LogP) is 2.89. The molecular weight excluding hydrogens is 204 g/mol. The van der Waals surface area contributed by atoms with Gasteiger partial charge in [0.2, 0.25) is 0 Å². The molecule has 1 N–H and O–H groups in total. The molecule has 0 aromatic heterocycles. The summed E-state index contributed by atoms with van der Waals surface area (Å²) in [4.78, 5) is 4.72. The summed E-state index contributed by atoms with van der Waals surface area (Å²) < 4.78 is 0. The van der Waals surface area contributed by atoms with Crippen LogP contribution in [0.1, 0.15) is 39.5 Å². The van der Waals surface area contributed by atoms with Crippen molar-refractivity contribution >= 4 is 16.9 Å². The van der Waals surface area contributed by atoms with Crippen molar-refractivity contribution < 1.29 is 0 Å². The van der Waals surface area contributed by atoms with Gasteiger partial charge in [-0.3, -0.25) is 4.99 Å². The molecule has 3 atom stereocenters. The van der Waals surface area contributed by atoms with Crippen LogP contribution >= 0.6 is 11.8 Å². The van der Waals surface area contributed by atoms with E-state index in [2.05, 4.69) is 19.2 Å². The summed E-state index contributed by atoms with van der Waals surface area (Å²) in [6.45, 7) is 5.66. The second-order valence-electron chi connectivity index (χ2n) is 4.87. The topological polar surface area (TPSA) is 24.4 Å². The lowest BCUT2D eigenvalue weighted by molar-refractivity contribution is 0.430. The van der Waals surface area contributed by atoms with E-state index in [1.54, 1.807) is 0 Å². The van der Waals surface area contributed by atoms with Crippen molar-refractivity contribution in [3.8, 4) is 0 Å². The minimum absolute atomic E-state index is 0.662. The molecule has 0 aromatic carbocycles. The predicted molar refractivity (Wildman–Crippen MR) is 68.5 cm³/mol. The standard InChI is InChI=1S/C12H22N2S/c1-3-11-8-15-12(14-11)13-7-10-6-4-5-9(10)2/h9-11H,3-8H2,1-2H3,(H,13,14). The van der Waals surface area contributed by atoms with Crippen LogP contribution in [0.2, 0.25) is 0 Å². The van der Waals surface area contributed by atoms with Gasteiger partial charge in [-0.25, -0.2) is 0 Å². The van der Waals surface area contributed by atoms with Gasteiger partial charge in [0.05, 0.1) is 0 Å². The summed E-state index contributed by atoms with van der Waals surface area (Å²) in [5.74, 6) is 2.94. The normalized spacial score (nSPS) is 38.5. The maximum absolute atomic E-state index is 4.72. The lowest BCUT2D eigenvalue weighted by atomic mass is 9.99. The lowest BCUT2D eigenvalue weighted by Gasteiger charge is -2.12. The highest BCUT2D eigenvalue weighted by molar-refractivity contribution is 8.14. The van der Waals surface area contributed by atoms with Crippen LogP contribution in [0.25, 0.3) is 0 Å². The smallest absolute Gasteiger partial charge is 0.156 e. The molecule has 1 aliphatic heterocycles. The van der Waals surface area contributed by atoms with Gasteiger partial charge < -0.3 is 5.32 Å². The quantitative estimate of drug-likeness (QED) is 0.800. The van der Waals surface area contributed by atoms with E-state index in [0.29, 0.717) is 6.04 Å². The van der Waals surface area contributed by atoms with Crippen molar-refractivity contribution in [1.82, 2.24) is 5.32 Å². The number of nitrogens with zero attached hydrogens (tertiary/aromatic N) is 1. The summed E-state index contributed by atoms with van der Waals surface area (Å²) >= 11 is 1.90. The number of thioether (sulfide) groups is 1. The van der Waals surface area contributed by atoms with E-state index < -0.39 is 0 Å². The Kier molecular flexibility index (Phi) is 3.95. The van der Waals surface area contributed by atoms with Crippen molar-refractivity contribution in [2.45, 2.75) is 45.6 Å². The lowest BCUT2D eigenvalue weighted by Crippen LogP contribution is -2.26. The number of aliphatic imine (C=N–C) groups is 1. The first-order chi connectivity index (χ1) is 7.29. The summed E-state index contributed by atoms with van der Waals surface area (Å²) in [7, 11) is 0. The number of hydrogen-bond donors (Lipinski definition) is 1. The molecule has 0 amide bonds. The Balaban J connectivity index is 1.79. The summed E-state index contributed by atoms with van der Waals surface area (Å²) in [5, 5.41) is 4.69. The van der Waals surface area contributed by atoms with Gasteiger partial charge in [-0.05, 0) is 24.7 Å². The zero-order valence-corrected chi connectivity index (χ0v) is 10.6. The summed E-state index contributed by atoms with van der Waals surface area (Å²) in [6, 6.07) is 0.662. The molecule has 0 spiro atoms. The second kappa shape index (κ2) is 5.24. The third-order valence-electron chi connectivity index (χ3n) is 3.75.